The highest BCUT2D eigenvalue weighted by Gasteiger charge is 2.52. The number of halogens is 1. The minimum Gasteiger partial charge on any atom is -1.00 e. The topological polar surface area (TPSA) is 37.8 Å². The highest BCUT2D eigenvalue weighted by molar-refractivity contribution is 8.04. The van der Waals surface area contributed by atoms with Gasteiger partial charge in [0.1, 0.15) is 27.3 Å². The molecule has 5 rings (SSSR count). The van der Waals surface area contributed by atoms with E-state index >= 15 is 0 Å². The number of nitrogens with zero attached hydrogens (tertiary/aromatic N) is 2. The largest absolute Gasteiger partial charge is 1.00 e. The van der Waals surface area contributed by atoms with E-state index in [1.807, 2.05) is 0 Å². The van der Waals surface area contributed by atoms with Crippen LogP contribution in [0.4, 0.5) is 11.5 Å². The predicted octanol–water partition coefficient (Wildman–Crippen LogP) is 2.87. The molecule has 1 heterocycles. The van der Waals surface area contributed by atoms with Crippen molar-refractivity contribution in [1.82, 2.24) is 9.97 Å². The van der Waals surface area contributed by atoms with Crippen LogP contribution >= 0.6 is 19.0 Å². The molecule has 0 bridgehead atoms. The molecule has 0 unspecified atom stereocenters. The normalized spacial score (nSPS) is 10.9. The molecular formula is C30H27IN3PS. The summed E-state index contributed by atoms with van der Waals surface area (Å²) in [5.41, 5.74) is 2.23. The number of hydrogen-bond acceptors (Lipinski definition) is 4. The summed E-state index contributed by atoms with van der Waals surface area (Å²) >= 11 is 1.67. The van der Waals surface area contributed by atoms with E-state index in [2.05, 4.69) is 134 Å². The minimum atomic E-state index is -2.35. The molecule has 0 saturated heterocycles. The molecule has 0 aliphatic rings. The molecule has 0 atom stereocenters. The first-order valence-corrected chi connectivity index (χ1v) is 14.5. The summed E-state index contributed by atoms with van der Waals surface area (Å²) < 4.78 is 0. The van der Waals surface area contributed by atoms with Crippen molar-refractivity contribution in [3.05, 3.63) is 127 Å². The SMILES string of the molecule is CSc1ncnc(Nc2ccc(C)cc2)c1[P+](c1ccccc1)(c1ccccc1)c1ccccc1.[I-]. The van der Waals surface area contributed by atoms with E-state index in [1.54, 1.807) is 18.1 Å². The van der Waals surface area contributed by atoms with Gasteiger partial charge in [0.25, 0.3) is 0 Å². The highest BCUT2D eigenvalue weighted by atomic mass is 127. The number of rotatable bonds is 7. The van der Waals surface area contributed by atoms with E-state index in [1.165, 1.54) is 21.5 Å². The van der Waals surface area contributed by atoms with Crippen LogP contribution < -0.4 is 50.5 Å². The van der Waals surface area contributed by atoms with Crippen LogP contribution in [-0.4, -0.2) is 16.2 Å². The number of hydrogen-bond donors (Lipinski definition) is 1. The van der Waals surface area contributed by atoms with Gasteiger partial charge in [0.05, 0.1) is 0 Å². The second kappa shape index (κ2) is 12.0. The fraction of sp³-hybridized carbons (Fsp3) is 0.0667. The average molecular weight is 620 g/mol. The zero-order valence-electron chi connectivity index (χ0n) is 20.2. The average Bonchev–Trinajstić information content (AvgIpc) is 2.93. The van der Waals surface area contributed by atoms with Crippen LogP contribution in [0.15, 0.2) is 127 Å². The summed E-state index contributed by atoms with van der Waals surface area (Å²) in [5.74, 6) is 0.845. The van der Waals surface area contributed by atoms with Gasteiger partial charge in [-0.15, -0.1) is 11.8 Å². The van der Waals surface area contributed by atoms with Gasteiger partial charge in [-0.2, -0.15) is 0 Å². The number of aromatic nitrogens is 2. The predicted molar refractivity (Wildman–Crippen MR) is 153 cm³/mol. The molecule has 6 heteroatoms. The van der Waals surface area contributed by atoms with Crippen LogP contribution in [0.25, 0.3) is 0 Å². The van der Waals surface area contributed by atoms with Gasteiger partial charge < -0.3 is 29.3 Å². The van der Waals surface area contributed by atoms with Crippen LogP contribution in [0.5, 0.6) is 0 Å². The lowest BCUT2D eigenvalue weighted by molar-refractivity contribution is -0.00000693. The third kappa shape index (κ3) is 5.06. The lowest BCUT2D eigenvalue weighted by Gasteiger charge is -2.29. The molecule has 0 spiro atoms. The first-order chi connectivity index (χ1) is 17.2. The standard InChI is InChI=1S/C30H27N3PS.HI/c1-23-18-20-24(21-19-23)33-29-28(30(35-2)32-22-31-29)34(25-12-6-3-7-13-25,26-14-8-4-9-15-26)27-16-10-5-11-17-27;/h3-22H,1-2H3,(H,31,32,33);1H/q+1;/p-1. The zero-order chi connectivity index (χ0) is 24.1. The second-order valence-electron chi connectivity index (χ2n) is 8.25. The second-order valence-corrected chi connectivity index (χ2v) is 12.4. The smallest absolute Gasteiger partial charge is 0.184 e. The maximum absolute atomic E-state index is 4.84. The summed E-state index contributed by atoms with van der Waals surface area (Å²) in [7, 11) is -2.35. The minimum absolute atomic E-state index is 0. The molecule has 5 aromatic rings. The summed E-state index contributed by atoms with van der Waals surface area (Å²) in [4.78, 5) is 9.64. The maximum atomic E-state index is 4.84. The fourth-order valence-corrected chi connectivity index (χ4v) is 9.90. The molecule has 1 N–H and O–H groups in total. The molecule has 0 fully saturated rings. The number of anilines is 2. The summed E-state index contributed by atoms with van der Waals surface area (Å²) in [6, 6.07) is 41.0. The van der Waals surface area contributed by atoms with Crippen molar-refractivity contribution < 1.29 is 24.0 Å². The van der Waals surface area contributed by atoms with Gasteiger partial charge in [-0.25, -0.2) is 9.97 Å². The molecule has 0 radical (unpaired) electrons. The molecule has 0 amide bonds. The van der Waals surface area contributed by atoms with Crippen molar-refractivity contribution in [2.24, 2.45) is 0 Å². The Bertz CT molecular complexity index is 1300. The monoisotopic (exact) mass is 619 g/mol. The van der Waals surface area contributed by atoms with Gasteiger partial charge in [-0.05, 0) is 61.7 Å². The van der Waals surface area contributed by atoms with E-state index in [0.29, 0.717) is 0 Å². The third-order valence-corrected chi connectivity index (χ3v) is 11.2. The Morgan fingerprint density at radius 2 is 1.11 bits per heavy atom. The summed E-state index contributed by atoms with van der Waals surface area (Å²) in [6.07, 6.45) is 3.76. The fourth-order valence-electron chi connectivity index (χ4n) is 4.47. The Morgan fingerprint density at radius 1 is 0.639 bits per heavy atom. The first kappa shape index (κ1) is 26.3. The van der Waals surface area contributed by atoms with Crippen molar-refractivity contribution in [3.8, 4) is 0 Å². The van der Waals surface area contributed by atoms with Gasteiger partial charge in [0.2, 0.25) is 0 Å². The van der Waals surface area contributed by atoms with E-state index in [-0.39, 0.29) is 24.0 Å². The van der Waals surface area contributed by atoms with Crippen molar-refractivity contribution in [1.29, 1.82) is 0 Å². The van der Waals surface area contributed by atoms with Crippen LogP contribution in [0.3, 0.4) is 0 Å². The highest BCUT2D eigenvalue weighted by Crippen LogP contribution is 2.57. The quantitative estimate of drug-likeness (QED) is 0.132. The van der Waals surface area contributed by atoms with Gasteiger partial charge >= 0.3 is 0 Å². The molecule has 3 nitrogen and oxygen atoms in total. The number of thioether (sulfide) groups is 1. The Balaban J connectivity index is 0.00000304. The lowest BCUT2D eigenvalue weighted by atomic mass is 10.2. The molecule has 180 valence electrons. The number of nitrogens with one attached hydrogen (secondary N) is 1. The van der Waals surface area contributed by atoms with Crippen molar-refractivity contribution in [2.45, 2.75) is 11.9 Å². The zero-order valence-corrected chi connectivity index (χ0v) is 24.0. The Labute approximate surface area is 235 Å². The number of aryl methyl sites for hydroxylation is 1. The molecule has 0 aliphatic heterocycles. The Hall–Kier alpha value is -2.73. The Morgan fingerprint density at radius 3 is 1.56 bits per heavy atom. The van der Waals surface area contributed by atoms with Crippen LogP contribution in [0.2, 0.25) is 0 Å². The molecule has 0 saturated carbocycles. The van der Waals surface area contributed by atoms with Crippen molar-refractivity contribution in [3.63, 3.8) is 0 Å². The molecular weight excluding hydrogens is 592 g/mol. The first-order valence-electron chi connectivity index (χ1n) is 11.5. The van der Waals surface area contributed by atoms with E-state index in [9.17, 15) is 0 Å². The maximum Gasteiger partial charge on any atom is 0.184 e. The van der Waals surface area contributed by atoms with E-state index in [4.69, 9.17) is 9.97 Å². The van der Waals surface area contributed by atoms with Crippen molar-refractivity contribution in [2.75, 3.05) is 11.6 Å². The number of benzene rings is 4. The van der Waals surface area contributed by atoms with E-state index < -0.39 is 7.26 Å². The summed E-state index contributed by atoms with van der Waals surface area (Å²) in [6.45, 7) is 2.10. The van der Waals surface area contributed by atoms with Gasteiger partial charge in [-0.1, -0.05) is 72.3 Å². The molecule has 4 aromatic carbocycles. The van der Waals surface area contributed by atoms with Crippen molar-refractivity contribution >= 4 is 51.7 Å². The summed E-state index contributed by atoms with van der Waals surface area (Å²) in [5, 5.41) is 9.61. The van der Waals surface area contributed by atoms with Gasteiger partial charge in [0.15, 0.2) is 18.4 Å². The Kier molecular flexibility index (Phi) is 8.78. The van der Waals surface area contributed by atoms with Gasteiger partial charge in [-0.3, -0.25) is 0 Å². The van der Waals surface area contributed by atoms with Crippen LogP contribution in [-0.2, 0) is 0 Å². The third-order valence-electron chi connectivity index (χ3n) is 6.06. The van der Waals surface area contributed by atoms with E-state index in [0.717, 1.165) is 21.8 Å². The van der Waals surface area contributed by atoms with Gasteiger partial charge in [0, 0.05) is 5.69 Å². The molecule has 36 heavy (non-hydrogen) atoms. The van der Waals surface area contributed by atoms with Crippen LogP contribution in [0, 0.1) is 6.92 Å². The molecule has 1 aromatic heterocycles. The lowest BCUT2D eigenvalue weighted by Crippen LogP contribution is -3.00. The molecule has 0 aliphatic carbocycles. The van der Waals surface area contributed by atoms with Crippen LogP contribution in [0.1, 0.15) is 5.56 Å².